The molecule has 23 heavy (non-hydrogen) atoms. The Labute approximate surface area is 141 Å². The fourth-order valence-electron chi connectivity index (χ4n) is 3.85. The molecule has 4 atom stereocenters. The van der Waals surface area contributed by atoms with Crippen molar-refractivity contribution in [2.24, 2.45) is 11.8 Å². The molecule has 0 radical (unpaired) electrons. The topological polar surface area (TPSA) is 66.8 Å². The Balaban J connectivity index is 2.23. The number of aliphatic hydroxyl groups excluding tert-OH is 2. The molecule has 1 aliphatic rings. The summed E-state index contributed by atoms with van der Waals surface area (Å²) in [5.41, 5.74) is 0. The van der Waals surface area contributed by atoms with E-state index >= 15 is 0 Å². The van der Waals surface area contributed by atoms with Gasteiger partial charge in [0.2, 0.25) is 0 Å². The molecule has 0 aliphatic heterocycles. The third-order valence-corrected chi connectivity index (χ3v) is 5.34. The summed E-state index contributed by atoms with van der Waals surface area (Å²) in [4.78, 5) is 11.1. The van der Waals surface area contributed by atoms with E-state index in [1.165, 1.54) is 20.0 Å². The van der Waals surface area contributed by atoms with Gasteiger partial charge in [0.15, 0.2) is 0 Å². The summed E-state index contributed by atoms with van der Waals surface area (Å²) in [6, 6.07) is 0. The van der Waals surface area contributed by atoms with Gasteiger partial charge in [0.05, 0.1) is 19.3 Å². The van der Waals surface area contributed by atoms with Crippen LogP contribution in [0.25, 0.3) is 0 Å². The molecule has 136 valence electrons. The number of hydrogen-bond acceptors (Lipinski definition) is 4. The zero-order valence-electron chi connectivity index (χ0n) is 15.0. The number of carbonyl (C=O) groups excluding carboxylic acids is 1. The van der Waals surface area contributed by atoms with Crippen molar-refractivity contribution in [2.75, 3.05) is 7.11 Å². The molecule has 0 bridgehead atoms. The Morgan fingerprint density at radius 3 is 2.61 bits per heavy atom. The highest BCUT2D eigenvalue weighted by Crippen LogP contribution is 2.38. The Kier molecular flexibility index (Phi) is 10.5. The van der Waals surface area contributed by atoms with Crippen LogP contribution in [0, 0.1) is 11.8 Å². The molecule has 0 aromatic rings. The lowest BCUT2D eigenvalue weighted by Crippen LogP contribution is -2.20. The van der Waals surface area contributed by atoms with Gasteiger partial charge < -0.3 is 14.9 Å². The predicted molar refractivity (Wildman–Crippen MR) is 92.1 cm³/mol. The molecule has 1 aliphatic carbocycles. The zero-order valence-corrected chi connectivity index (χ0v) is 15.0. The molecule has 0 heterocycles. The summed E-state index contributed by atoms with van der Waals surface area (Å²) in [6.45, 7) is 2.18. The van der Waals surface area contributed by atoms with Crippen molar-refractivity contribution in [1.29, 1.82) is 0 Å². The van der Waals surface area contributed by atoms with E-state index in [-0.39, 0.29) is 18.2 Å². The average Bonchev–Trinajstić information content (AvgIpc) is 2.89. The minimum absolute atomic E-state index is 0.149. The lowest BCUT2D eigenvalue weighted by molar-refractivity contribution is -0.140. The molecule has 4 heteroatoms. The van der Waals surface area contributed by atoms with Crippen LogP contribution in [0.5, 0.6) is 0 Å². The molecule has 1 saturated carbocycles. The summed E-state index contributed by atoms with van der Waals surface area (Å²) in [6.07, 6.45) is 11.1. The van der Waals surface area contributed by atoms with Crippen molar-refractivity contribution in [3.63, 3.8) is 0 Å². The van der Waals surface area contributed by atoms with Crippen LogP contribution in [-0.4, -0.2) is 35.5 Å². The molecular formula is C19H36O4. The van der Waals surface area contributed by atoms with Crippen molar-refractivity contribution in [3.05, 3.63) is 0 Å². The number of ether oxygens (including phenoxy) is 1. The van der Waals surface area contributed by atoms with Crippen LogP contribution in [0.15, 0.2) is 0 Å². The molecule has 4 unspecified atom stereocenters. The number of unbranched alkanes of at least 4 members (excludes halogenated alkanes) is 3. The van der Waals surface area contributed by atoms with E-state index < -0.39 is 0 Å². The smallest absolute Gasteiger partial charge is 0.305 e. The van der Waals surface area contributed by atoms with E-state index in [9.17, 15) is 15.0 Å². The summed E-state index contributed by atoms with van der Waals surface area (Å²) in [7, 11) is 1.42. The lowest BCUT2D eigenvalue weighted by atomic mass is 9.85. The van der Waals surface area contributed by atoms with Crippen LogP contribution in [0.2, 0.25) is 0 Å². The van der Waals surface area contributed by atoms with Gasteiger partial charge in [-0.2, -0.15) is 0 Å². The predicted octanol–water partition coefficient (Wildman–Crippen LogP) is 3.83. The first-order chi connectivity index (χ1) is 11.1. The van der Waals surface area contributed by atoms with Gasteiger partial charge in [-0.1, -0.05) is 32.6 Å². The summed E-state index contributed by atoms with van der Waals surface area (Å²) < 4.78 is 4.65. The molecule has 0 amide bonds. The van der Waals surface area contributed by atoms with Crippen molar-refractivity contribution < 1.29 is 19.7 Å². The van der Waals surface area contributed by atoms with Gasteiger partial charge in [-0.25, -0.2) is 0 Å². The monoisotopic (exact) mass is 328 g/mol. The zero-order chi connectivity index (χ0) is 17.1. The Hall–Kier alpha value is -0.610. The molecule has 4 nitrogen and oxygen atoms in total. The van der Waals surface area contributed by atoms with Crippen LogP contribution in [-0.2, 0) is 9.53 Å². The molecule has 1 fully saturated rings. The Morgan fingerprint density at radius 1 is 1.13 bits per heavy atom. The van der Waals surface area contributed by atoms with E-state index in [1.54, 1.807) is 0 Å². The summed E-state index contributed by atoms with van der Waals surface area (Å²) >= 11 is 0. The number of methoxy groups -OCH3 is 1. The van der Waals surface area contributed by atoms with E-state index in [4.69, 9.17) is 0 Å². The van der Waals surface area contributed by atoms with Gasteiger partial charge in [-0.15, -0.1) is 0 Å². The van der Waals surface area contributed by atoms with Gasteiger partial charge in [-0.05, 0) is 56.8 Å². The van der Waals surface area contributed by atoms with Crippen LogP contribution < -0.4 is 0 Å². The van der Waals surface area contributed by atoms with Crippen molar-refractivity contribution in [3.8, 4) is 0 Å². The largest absolute Gasteiger partial charge is 0.469 e. The maximum Gasteiger partial charge on any atom is 0.305 e. The maximum absolute atomic E-state index is 11.1. The quantitative estimate of drug-likeness (QED) is 0.422. The molecule has 0 aromatic carbocycles. The lowest BCUT2D eigenvalue weighted by Gasteiger charge is -2.23. The van der Waals surface area contributed by atoms with Crippen LogP contribution in [0.3, 0.4) is 0 Å². The van der Waals surface area contributed by atoms with Gasteiger partial charge in [-0.3, -0.25) is 4.79 Å². The maximum atomic E-state index is 11.1. The third kappa shape index (κ3) is 8.16. The number of aliphatic hydroxyl groups is 2. The van der Waals surface area contributed by atoms with Gasteiger partial charge in [0, 0.05) is 6.42 Å². The number of rotatable bonds is 12. The molecule has 0 spiro atoms. The van der Waals surface area contributed by atoms with Gasteiger partial charge in [0.25, 0.3) is 0 Å². The number of hydrogen-bond donors (Lipinski definition) is 2. The minimum atomic E-state index is -0.199. The highest BCUT2D eigenvalue weighted by Gasteiger charge is 2.34. The van der Waals surface area contributed by atoms with Gasteiger partial charge in [0.1, 0.15) is 0 Å². The first-order valence-corrected chi connectivity index (χ1v) is 9.51. The summed E-state index contributed by atoms with van der Waals surface area (Å²) in [5.74, 6) is 0.725. The minimum Gasteiger partial charge on any atom is -0.469 e. The fraction of sp³-hybridized carbons (Fsp3) is 0.947. The standard InChI is InChI=1S/C19H36O4/c1-3-4-5-8-16(20)13-11-15-12-14-18(21)17(15)9-6-7-10-19(22)23-2/h15-18,20-21H,3-14H2,1-2H3. The first kappa shape index (κ1) is 20.4. The van der Waals surface area contributed by atoms with Crippen molar-refractivity contribution in [1.82, 2.24) is 0 Å². The van der Waals surface area contributed by atoms with Crippen molar-refractivity contribution in [2.45, 2.75) is 96.2 Å². The first-order valence-electron chi connectivity index (χ1n) is 9.51. The van der Waals surface area contributed by atoms with E-state index in [0.717, 1.165) is 57.8 Å². The molecule has 2 N–H and O–H groups in total. The normalized spacial score (nSPS) is 25.5. The highest BCUT2D eigenvalue weighted by molar-refractivity contribution is 5.68. The van der Waals surface area contributed by atoms with Gasteiger partial charge >= 0.3 is 5.97 Å². The fourth-order valence-corrected chi connectivity index (χ4v) is 3.85. The second-order valence-corrected chi connectivity index (χ2v) is 7.12. The molecule has 1 rings (SSSR count). The second-order valence-electron chi connectivity index (χ2n) is 7.12. The average molecular weight is 328 g/mol. The van der Waals surface area contributed by atoms with E-state index in [0.29, 0.717) is 18.3 Å². The second kappa shape index (κ2) is 11.9. The van der Waals surface area contributed by atoms with Crippen LogP contribution in [0.4, 0.5) is 0 Å². The summed E-state index contributed by atoms with van der Waals surface area (Å²) in [5, 5.41) is 20.3. The highest BCUT2D eigenvalue weighted by atomic mass is 16.5. The molecule has 0 saturated heterocycles. The molecular weight excluding hydrogens is 292 g/mol. The molecule has 0 aromatic heterocycles. The third-order valence-electron chi connectivity index (χ3n) is 5.34. The number of esters is 1. The van der Waals surface area contributed by atoms with Crippen molar-refractivity contribution >= 4 is 5.97 Å². The Bertz CT molecular complexity index is 318. The number of carbonyl (C=O) groups is 1. The Morgan fingerprint density at radius 2 is 1.91 bits per heavy atom. The SMILES string of the molecule is CCCCCC(O)CCC1CCC(O)C1CCCCC(=O)OC. The van der Waals surface area contributed by atoms with Crippen LogP contribution in [0.1, 0.15) is 84.0 Å². The van der Waals surface area contributed by atoms with E-state index in [1.807, 2.05) is 0 Å². The van der Waals surface area contributed by atoms with Crippen LogP contribution >= 0.6 is 0 Å². The van der Waals surface area contributed by atoms with E-state index in [2.05, 4.69) is 11.7 Å².